The normalized spacial score (nSPS) is 12.3. The molecule has 0 bridgehead atoms. The quantitative estimate of drug-likeness (QED) is 0.692. The number of carboxylic acid groups (broad SMARTS) is 1. The fraction of sp³-hybridized carbons (Fsp3) is 0.200. The van der Waals surface area contributed by atoms with Crippen LogP contribution in [0.5, 0.6) is 0 Å². The molecule has 2 rings (SSSR count). The van der Waals surface area contributed by atoms with Gasteiger partial charge in [0.15, 0.2) is 5.78 Å². The van der Waals surface area contributed by atoms with Crippen molar-refractivity contribution in [3.63, 3.8) is 0 Å². The van der Waals surface area contributed by atoms with E-state index in [0.29, 0.717) is 5.56 Å². The molecule has 0 aliphatic rings. The predicted octanol–water partition coefficient (Wildman–Crippen LogP) is 3.57. The van der Waals surface area contributed by atoms with Crippen LogP contribution in [-0.2, 0) is 4.79 Å². The van der Waals surface area contributed by atoms with E-state index in [1.165, 1.54) is 0 Å². The van der Waals surface area contributed by atoms with Crippen LogP contribution in [0.1, 0.15) is 22.3 Å². The van der Waals surface area contributed by atoms with Crippen molar-refractivity contribution in [2.24, 2.45) is 0 Å². The van der Waals surface area contributed by atoms with Crippen LogP contribution >= 0.6 is 15.9 Å². The zero-order valence-corrected chi connectivity index (χ0v) is 12.0. The molecular weight excluding hydrogens is 308 g/mol. The lowest BCUT2D eigenvalue weighted by Gasteiger charge is -2.12. The first-order valence-electron chi connectivity index (χ1n) is 5.89. The van der Waals surface area contributed by atoms with Gasteiger partial charge in [0, 0.05) is 5.56 Å². The van der Waals surface area contributed by atoms with E-state index in [-0.39, 0.29) is 12.2 Å². The highest BCUT2D eigenvalue weighted by Crippen LogP contribution is 2.25. The number of hydrogen-bond acceptors (Lipinski definition) is 2. The number of aliphatic carboxylic acids is 1. The van der Waals surface area contributed by atoms with Gasteiger partial charge >= 0.3 is 5.97 Å². The van der Waals surface area contributed by atoms with Crippen LogP contribution in [0, 0.1) is 6.92 Å². The Hall–Kier alpha value is -1.68. The van der Waals surface area contributed by atoms with E-state index in [0.717, 1.165) is 16.3 Å². The lowest BCUT2D eigenvalue weighted by atomic mass is 9.94. The van der Waals surface area contributed by atoms with Gasteiger partial charge in [0.1, 0.15) is 0 Å². The molecule has 19 heavy (non-hydrogen) atoms. The summed E-state index contributed by atoms with van der Waals surface area (Å²) in [6.45, 7) is 1.86. The molecule has 0 saturated carbocycles. The summed E-state index contributed by atoms with van der Waals surface area (Å²) in [6.07, 6.45) is -0.221. The van der Waals surface area contributed by atoms with E-state index in [1.54, 1.807) is 0 Å². The van der Waals surface area contributed by atoms with Gasteiger partial charge < -0.3 is 5.11 Å². The number of carboxylic acids is 1. The van der Waals surface area contributed by atoms with Gasteiger partial charge in [-0.05, 0) is 23.3 Å². The van der Waals surface area contributed by atoms with Crippen molar-refractivity contribution >= 4 is 38.5 Å². The third kappa shape index (κ3) is 2.84. The minimum atomic E-state index is -0.992. The van der Waals surface area contributed by atoms with Gasteiger partial charge in [0.2, 0.25) is 0 Å². The highest BCUT2D eigenvalue weighted by atomic mass is 79.9. The Morgan fingerprint density at radius 1 is 1.21 bits per heavy atom. The molecule has 0 heterocycles. The molecule has 98 valence electrons. The number of carbonyl (C=O) groups excluding carboxylic acids is 1. The van der Waals surface area contributed by atoms with Gasteiger partial charge in [0.25, 0.3) is 0 Å². The molecular formula is C15H13BrO3. The largest absolute Gasteiger partial charge is 0.481 e. The molecule has 0 spiro atoms. The third-order valence-corrected chi connectivity index (χ3v) is 3.76. The number of rotatable bonds is 4. The van der Waals surface area contributed by atoms with Gasteiger partial charge in [-0.1, -0.05) is 52.3 Å². The van der Waals surface area contributed by atoms with Crippen LogP contribution in [0.15, 0.2) is 36.4 Å². The summed E-state index contributed by atoms with van der Waals surface area (Å²) in [4.78, 5) is 22.4. The van der Waals surface area contributed by atoms with E-state index in [9.17, 15) is 9.59 Å². The molecule has 0 aliphatic heterocycles. The molecule has 3 nitrogen and oxygen atoms in total. The second-order valence-electron chi connectivity index (χ2n) is 4.41. The maximum Gasteiger partial charge on any atom is 0.304 e. The number of ketones is 1. The summed E-state index contributed by atoms with van der Waals surface area (Å²) < 4.78 is 0. The molecule has 1 unspecified atom stereocenters. The summed E-state index contributed by atoms with van der Waals surface area (Å²) in [5, 5.41) is 10.6. The second-order valence-corrected chi connectivity index (χ2v) is 5.51. The fourth-order valence-corrected chi connectivity index (χ4v) is 2.62. The van der Waals surface area contributed by atoms with Crippen LogP contribution < -0.4 is 0 Å². The molecule has 0 saturated heterocycles. The molecule has 4 heteroatoms. The average Bonchev–Trinajstić information content (AvgIpc) is 2.37. The molecule has 1 atom stereocenters. The first-order valence-corrected chi connectivity index (χ1v) is 6.80. The van der Waals surface area contributed by atoms with Gasteiger partial charge in [-0.2, -0.15) is 0 Å². The highest BCUT2D eigenvalue weighted by molar-refractivity contribution is 9.10. The lowest BCUT2D eigenvalue weighted by molar-refractivity contribution is -0.136. The molecule has 2 aromatic carbocycles. The van der Waals surface area contributed by atoms with Gasteiger partial charge in [0.05, 0.1) is 11.2 Å². The Balaban J connectivity index is 2.52. The summed E-state index contributed by atoms with van der Waals surface area (Å²) >= 11 is 3.17. The van der Waals surface area contributed by atoms with Crippen LogP contribution in [0.3, 0.4) is 0 Å². The monoisotopic (exact) mass is 320 g/mol. The second kappa shape index (κ2) is 5.53. The summed E-state index contributed by atoms with van der Waals surface area (Å²) in [6, 6.07) is 11.5. The van der Waals surface area contributed by atoms with E-state index in [4.69, 9.17) is 5.11 Å². The smallest absolute Gasteiger partial charge is 0.304 e. The summed E-state index contributed by atoms with van der Waals surface area (Å²) in [5.41, 5.74) is 1.46. The van der Waals surface area contributed by atoms with Crippen LogP contribution in [0.4, 0.5) is 0 Å². The van der Waals surface area contributed by atoms with E-state index >= 15 is 0 Å². The van der Waals surface area contributed by atoms with Gasteiger partial charge in [-0.3, -0.25) is 9.59 Å². The van der Waals surface area contributed by atoms with Crippen LogP contribution in [0.2, 0.25) is 0 Å². The zero-order chi connectivity index (χ0) is 14.0. The minimum absolute atomic E-state index is 0.184. The van der Waals surface area contributed by atoms with Crippen LogP contribution in [0.25, 0.3) is 10.8 Å². The van der Waals surface area contributed by atoms with Crippen molar-refractivity contribution in [2.45, 2.75) is 18.2 Å². The van der Waals surface area contributed by atoms with Crippen molar-refractivity contribution in [3.05, 3.63) is 47.5 Å². The molecule has 0 fully saturated rings. The van der Waals surface area contributed by atoms with Crippen molar-refractivity contribution < 1.29 is 14.7 Å². The minimum Gasteiger partial charge on any atom is -0.481 e. The van der Waals surface area contributed by atoms with Crippen molar-refractivity contribution in [1.29, 1.82) is 0 Å². The Morgan fingerprint density at radius 2 is 1.89 bits per heavy atom. The number of Topliss-reactive ketones (excluding diaryl/α,β-unsaturated/α-hetero) is 1. The van der Waals surface area contributed by atoms with Crippen molar-refractivity contribution in [3.8, 4) is 0 Å². The SMILES string of the molecule is Cc1ccc2ccccc2c1C(=O)C(Br)CC(=O)O. The standard InChI is InChI=1S/C15H13BrO3/c1-9-6-7-10-4-2-3-5-11(10)14(9)15(19)12(16)8-13(17)18/h2-7,12H,8H2,1H3,(H,17,18). The van der Waals surface area contributed by atoms with E-state index < -0.39 is 10.8 Å². The molecule has 0 amide bonds. The van der Waals surface area contributed by atoms with Crippen molar-refractivity contribution in [2.75, 3.05) is 0 Å². The predicted molar refractivity (Wildman–Crippen MR) is 78.0 cm³/mol. The Bertz CT molecular complexity index is 649. The van der Waals surface area contributed by atoms with Crippen molar-refractivity contribution in [1.82, 2.24) is 0 Å². The number of fused-ring (bicyclic) bond motifs is 1. The molecule has 0 radical (unpaired) electrons. The molecule has 1 N–H and O–H groups in total. The lowest BCUT2D eigenvalue weighted by Crippen LogP contribution is -2.19. The number of hydrogen-bond donors (Lipinski definition) is 1. The maximum absolute atomic E-state index is 12.4. The molecule has 2 aromatic rings. The third-order valence-electron chi connectivity index (χ3n) is 3.02. The molecule has 0 aromatic heterocycles. The van der Waals surface area contributed by atoms with Gasteiger partial charge in [-0.25, -0.2) is 0 Å². The van der Waals surface area contributed by atoms with Crippen LogP contribution in [-0.4, -0.2) is 21.7 Å². The fourth-order valence-electron chi connectivity index (χ4n) is 2.11. The Kier molecular flexibility index (Phi) is 4.00. The number of carbonyl (C=O) groups is 2. The van der Waals surface area contributed by atoms with Gasteiger partial charge in [-0.15, -0.1) is 0 Å². The Morgan fingerprint density at radius 3 is 2.58 bits per heavy atom. The summed E-state index contributed by atoms with van der Waals surface area (Å²) in [5.74, 6) is -1.18. The first kappa shape index (κ1) is 13.7. The van der Waals surface area contributed by atoms with E-state index in [2.05, 4.69) is 15.9 Å². The number of alkyl halides is 1. The maximum atomic E-state index is 12.4. The number of aryl methyl sites for hydroxylation is 1. The average molecular weight is 321 g/mol. The highest BCUT2D eigenvalue weighted by Gasteiger charge is 2.23. The summed E-state index contributed by atoms with van der Waals surface area (Å²) in [7, 11) is 0. The zero-order valence-electron chi connectivity index (χ0n) is 10.4. The molecule has 0 aliphatic carbocycles. The van der Waals surface area contributed by atoms with E-state index in [1.807, 2.05) is 43.3 Å². The number of benzene rings is 2. The topological polar surface area (TPSA) is 54.4 Å². The number of halogens is 1. The first-order chi connectivity index (χ1) is 9.00. The Labute approximate surface area is 119 Å².